The van der Waals surface area contributed by atoms with E-state index in [9.17, 15) is 8.42 Å². The zero-order valence-electron chi connectivity index (χ0n) is 10.9. The summed E-state index contributed by atoms with van der Waals surface area (Å²) in [6.07, 6.45) is 4.75. The lowest BCUT2D eigenvalue weighted by atomic mass is 9.75. The smallest absolute Gasteiger partial charge is 0.232 e. The van der Waals surface area contributed by atoms with Crippen molar-refractivity contribution in [3.05, 3.63) is 26.8 Å². The van der Waals surface area contributed by atoms with E-state index in [1.54, 1.807) is 7.05 Å². The number of hydrogen-bond donors (Lipinski definition) is 0. The first-order valence-corrected chi connectivity index (χ1v) is 9.03. The molecule has 0 bridgehead atoms. The Labute approximate surface area is 123 Å². The lowest BCUT2D eigenvalue weighted by Crippen LogP contribution is -2.27. The zero-order valence-corrected chi connectivity index (χ0v) is 13.9. The highest BCUT2D eigenvalue weighted by Gasteiger charge is 2.28. The quantitative estimate of drug-likeness (QED) is 0.754. The molecule has 18 heavy (non-hydrogen) atoms. The molecular weight excluding hydrogens is 361 g/mol. The number of rotatable bonds is 4. The van der Waals surface area contributed by atoms with Crippen molar-refractivity contribution >= 4 is 38.3 Å². The van der Waals surface area contributed by atoms with Gasteiger partial charge in [-0.15, -0.1) is 0 Å². The molecule has 0 amide bonds. The molecule has 2 rings (SSSR count). The molecule has 0 saturated carbocycles. The molecule has 1 aromatic carbocycles. The molecule has 1 aliphatic rings. The van der Waals surface area contributed by atoms with E-state index in [-0.39, 0.29) is 0 Å². The van der Waals surface area contributed by atoms with Gasteiger partial charge < -0.3 is 0 Å². The van der Waals surface area contributed by atoms with Crippen LogP contribution in [0.3, 0.4) is 0 Å². The van der Waals surface area contributed by atoms with Gasteiger partial charge in [-0.05, 0) is 64.6 Å². The van der Waals surface area contributed by atoms with E-state index in [0.717, 1.165) is 15.7 Å². The fourth-order valence-corrected chi connectivity index (χ4v) is 4.01. The van der Waals surface area contributed by atoms with Crippen LogP contribution in [0, 0.1) is 3.57 Å². The average molecular weight is 379 g/mol. The Morgan fingerprint density at radius 1 is 1.44 bits per heavy atom. The molecule has 1 unspecified atom stereocenters. The third-order valence-electron chi connectivity index (χ3n) is 3.59. The fraction of sp³-hybridized carbons (Fsp3) is 0.538. The molecule has 1 atom stereocenters. The van der Waals surface area contributed by atoms with E-state index in [0.29, 0.717) is 5.92 Å². The summed E-state index contributed by atoms with van der Waals surface area (Å²) in [5, 5.41) is 0. The van der Waals surface area contributed by atoms with E-state index < -0.39 is 10.0 Å². The van der Waals surface area contributed by atoms with Crippen molar-refractivity contribution in [1.29, 1.82) is 0 Å². The van der Waals surface area contributed by atoms with Gasteiger partial charge in [0.1, 0.15) is 0 Å². The van der Waals surface area contributed by atoms with Crippen LogP contribution in [0.4, 0.5) is 5.69 Å². The highest BCUT2D eigenvalue weighted by Crippen LogP contribution is 2.42. The number of anilines is 1. The second kappa shape index (κ2) is 5.00. The maximum absolute atomic E-state index is 11.6. The number of benzene rings is 1. The van der Waals surface area contributed by atoms with Crippen LogP contribution < -0.4 is 4.31 Å². The van der Waals surface area contributed by atoms with Crippen molar-refractivity contribution < 1.29 is 8.42 Å². The summed E-state index contributed by atoms with van der Waals surface area (Å²) in [6.45, 7) is 2.19. The Morgan fingerprint density at radius 2 is 2.11 bits per heavy atom. The number of fused-ring (bicyclic) bond motifs is 1. The second-order valence-electron chi connectivity index (χ2n) is 4.92. The van der Waals surface area contributed by atoms with Gasteiger partial charge in [0, 0.05) is 10.6 Å². The van der Waals surface area contributed by atoms with E-state index in [1.807, 2.05) is 0 Å². The first kappa shape index (κ1) is 14.1. The molecule has 100 valence electrons. The van der Waals surface area contributed by atoms with Gasteiger partial charge in [-0.25, -0.2) is 8.42 Å². The van der Waals surface area contributed by atoms with E-state index in [2.05, 4.69) is 41.6 Å². The highest BCUT2D eigenvalue weighted by molar-refractivity contribution is 14.1. The molecule has 0 fully saturated rings. The topological polar surface area (TPSA) is 37.4 Å². The third kappa shape index (κ3) is 2.52. The minimum atomic E-state index is -3.19. The Morgan fingerprint density at radius 3 is 2.67 bits per heavy atom. The van der Waals surface area contributed by atoms with Gasteiger partial charge in [-0.2, -0.15) is 0 Å². The summed E-state index contributed by atoms with van der Waals surface area (Å²) < 4.78 is 25.6. The van der Waals surface area contributed by atoms with Crippen molar-refractivity contribution in [1.82, 2.24) is 0 Å². The number of sulfonamides is 1. The van der Waals surface area contributed by atoms with Gasteiger partial charge in [-0.3, -0.25) is 4.31 Å². The van der Waals surface area contributed by atoms with Crippen LogP contribution in [-0.4, -0.2) is 21.7 Å². The molecule has 1 aliphatic carbocycles. The summed E-state index contributed by atoms with van der Waals surface area (Å²) in [7, 11) is -1.57. The minimum Gasteiger partial charge on any atom is -0.272 e. The maximum Gasteiger partial charge on any atom is 0.232 e. The lowest BCUT2D eigenvalue weighted by molar-refractivity contribution is 0.551. The van der Waals surface area contributed by atoms with Gasteiger partial charge >= 0.3 is 0 Å². The monoisotopic (exact) mass is 379 g/mol. The van der Waals surface area contributed by atoms with Crippen LogP contribution in [0.5, 0.6) is 0 Å². The normalized spacial score (nSPS) is 18.1. The lowest BCUT2D eigenvalue weighted by Gasteiger charge is -2.32. The molecule has 0 heterocycles. The number of nitrogens with zero attached hydrogens (tertiary/aromatic N) is 1. The fourth-order valence-electron chi connectivity index (χ4n) is 2.45. The summed E-state index contributed by atoms with van der Waals surface area (Å²) in [5.41, 5.74) is 3.52. The molecule has 1 aromatic rings. The van der Waals surface area contributed by atoms with Gasteiger partial charge in [-0.1, -0.05) is 13.3 Å². The van der Waals surface area contributed by atoms with Crippen LogP contribution >= 0.6 is 22.6 Å². The largest absolute Gasteiger partial charge is 0.272 e. The van der Waals surface area contributed by atoms with Crippen molar-refractivity contribution in [2.24, 2.45) is 0 Å². The molecule has 3 nitrogen and oxygen atoms in total. The molecule has 0 N–H and O–H groups in total. The van der Waals surface area contributed by atoms with Gasteiger partial charge in [0.15, 0.2) is 0 Å². The highest BCUT2D eigenvalue weighted by atomic mass is 127. The summed E-state index contributed by atoms with van der Waals surface area (Å²) in [6, 6.07) is 4.18. The second-order valence-corrected chi connectivity index (χ2v) is 8.10. The number of halogens is 1. The summed E-state index contributed by atoms with van der Waals surface area (Å²) >= 11 is 2.21. The van der Waals surface area contributed by atoms with E-state index in [1.165, 1.54) is 34.5 Å². The Bertz CT molecular complexity index is 569. The Balaban J connectivity index is 2.39. The van der Waals surface area contributed by atoms with Crippen LogP contribution in [-0.2, 0) is 16.4 Å². The Kier molecular flexibility index (Phi) is 3.92. The van der Waals surface area contributed by atoms with Crippen LogP contribution in [0.25, 0.3) is 0 Å². The Hall–Kier alpha value is -0.300. The SMILES string of the molecule is CCCC1Cc2cc(I)c(N(C)S(C)(=O)=O)cc21. The molecule has 0 aromatic heterocycles. The van der Waals surface area contributed by atoms with Gasteiger partial charge in [0.25, 0.3) is 0 Å². The first-order chi connectivity index (χ1) is 8.34. The molecular formula is C13H18INO2S. The minimum absolute atomic E-state index is 0.619. The summed E-state index contributed by atoms with van der Waals surface area (Å²) in [5.74, 6) is 0.619. The average Bonchev–Trinajstić information content (AvgIpc) is 2.25. The van der Waals surface area contributed by atoms with Gasteiger partial charge in [0.2, 0.25) is 10.0 Å². The van der Waals surface area contributed by atoms with Crippen LogP contribution in [0.2, 0.25) is 0 Å². The van der Waals surface area contributed by atoms with Crippen molar-refractivity contribution in [2.45, 2.75) is 32.1 Å². The predicted molar refractivity (Wildman–Crippen MR) is 83.8 cm³/mol. The molecule has 0 saturated heterocycles. The first-order valence-electron chi connectivity index (χ1n) is 6.10. The summed E-state index contributed by atoms with van der Waals surface area (Å²) in [4.78, 5) is 0. The molecule has 0 spiro atoms. The molecule has 0 radical (unpaired) electrons. The van der Waals surface area contributed by atoms with Crippen LogP contribution in [0.1, 0.15) is 36.8 Å². The van der Waals surface area contributed by atoms with Crippen molar-refractivity contribution in [2.75, 3.05) is 17.6 Å². The van der Waals surface area contributed by atoms with Gasteiger partial charge in [0.05, 0.1) is 11.9 Å². The third-order valence-corrected chi connectivity index (χ3v) is 5.64. The standard InChI is InChI=1S/C13H18INO2S/c1-4-5-9-6-10-7-12(14)13(8-11(9)10)15(2)18(3,16)17/h7-9H,4-6H2,1-3H3. The van der Waals surface area contributed by atoms with Crippen LogP contribution in [0.15, 0.2) is 12.1 Å². The van der Waals surface area contributed by atoms with E-state index >= 15 is 0 Å². The predicted octanol–water partition coefficient (Wildman–Crippen LogP) is 3.13. The van der Waals surface area contributed by atoms with E-state index in [4.69, 9.17) is 0 Å². The number of hydrogen-bond acceptors (Lipinski definition) is 2. The zero-order chi connectivity index (χ0) is 13.5. The molecule has 5 heteroatoms. The van der Waals surface area contributed by atoms with Crippen molar-refractivity contribution in [3.8, 4) is 0 Å². The van der Waals surface area contributed by atoms with Crippen molar-refractivity contribution in [3.63, 3.8) is 0 Å². The maximum atomic E-state index is 11.6. The molecule has 0 aliphatic heterocycles.